The van der Waals surface area contributed by atoms with Crippen LogP contribution < -0.4 is 10.6 Å². The zero-order chi connectivity index (χ0) is 18.3. The molecule has 0 spiro atoms. The number of nitrogens with one attached hydrogen (secondary N) is 2. The number of benzene rings is 3. The molecule has 0 saturated heterocycles. The van der Waals surface area contributed by atoms with Crippen molar-refractivity contribution in [3.63, 3.8) is 0 Å². The second-order valence-corrected chi connectivity index (χ2v) is 6.48. The summed E-state index contributed by atoms with van der Waals surface area (Å²) < 4.78 is 0. The molecule has 128 valence electrons. The van der Waals surface area contributed by atoms with E-state index in [1.54, 1.807) is 36.4 Å². The minimum absolute atomic E-state index is 0.190. The molecule has 2 N–H and O–H groups in total. The van der Waals surface area contributed by atoms with Crippen molar-refractivity contribution >= 4 is 23.2 Å². The first-order valence-corrected chi connectivity index (χ1v) is 8.47. The average molecular weight is 342 g/mol. The fourth-order valence-corrected chi connectivity index (χ4v) is 3.45. The normalized spacial score (nSPS) is 13.0. The van der Waals surface area contributed by atoms with Crippen molar-refractivity contribution in [1.82, 2.24) is 0 Å². The molecule has 0 aliphatic carbocycles. The summed E-state index contributed by atoms with van der Waals surface area (Å²) in [7, 11) is 0. The second kappa shape index (κ2) is 6.15. The number of hydrogen-bond donors (Lipinski definition) is 2. The molecular formula is C22H18N2O2. The molecule has 0 atom stereocenters. The Kier molecular flexibility index (Phi) is 3.81. The fraction of sp³-hybridized carbons (Fsp3) is 0.0909. The zero-order valence-corrected chi connectivity index (χ0v) is 14.6. The Hall–Kier alpha value is -3.40. The summed E-state index contributed by atoms with van der Waals surface area (Å²) in [6.45, 7) is 3.92. The number of hydrogen-bond acceptors (Lipinski definition) is 2. The van der Waals surface area contributed by atoms with E-state index in [-0.39, 0.29) is 11.8 Å². The lowest BCUT2D eigenvalue weighted by Crippen LogP contribution is -2.15. The molecule has 0 fully saturated rings. The Bertz CT molecular complexity index is 973. The molecule has 0 aromatic heterocycles. The number of anilines is 2. The van der Waals surface area contributed by atoms with Crippen molar-refractivity contribution in [3.05, 3.63) is 82.9 Å². The summed E-state index contributed by atoms with van der Waals surface area (Å²) in [5.74, 6) is -0.381. The van der Waals surface area contributed by atoms with Crippen LogP contribution in [0.2, 0.25) is 0 Å². The first-order valence-electron chi connectivity index (χ1n) is 8.47. The fourth-order valence-electron chi connectivity index (χ4n) is 3.45. The first kappa shape index (κ1) is 16.1. The van der Waals surface area contributed by atoms with Gasteiger partial charge in [-0.25, -0.2) is 0 Å². The van der Waals surface area contributed by atoms with E-state index in [2.05, 4.69) is 10.6 Å². The van der Waals surface area contributed by atoms with Gasteiger partial charge >= 0.3 is 0 Å². The van der Waals surface area contributed by atoms with Crippen LogP contribution in [0.15, 0.2) is 60.7 Å². The van der Waals surface area contributed by atoms with Crippen molar-refractivity contribution in [2.24, 2.45) is 0 Å². The predicted molar refractivity (Wildman–Crippen MR) is 104 cm³/mol. The van der Waals surface area contributed by atoms with Gasteiger partial charge in [0.05, 0.1) is 0 Å². The summed E-state index contributed by atoms with van der Waals surface area (Å²) >= 11 is 0. The maximum Gasteiger partial charge on any atom is 0.256 e. The van der Waals surface area contributed by atoms with Crippen LogP contribution in [0.25, 0.3) is 11.1 Å². The molecule has 3 aromatic rings. The lowest BCUT2D eigenvalue weighted by atomic mass is 9.88. The molecule has 4 rings (SSSR count). The number of fused-ring (bicyclic) bond motifs is 5. The Labute approximate surface area is 151 Å². The summed E-state index contributed by atoms with van der Waals surface area (Å²) in [4.78, 5) is 26.0. The molecule has 1 heterocycles. The third-order valence-electron chi connectivity index (χ3n) is 4.66. The van der Waals surface area contributed by atoms with E-state index < -0.39 is 0 Å². The predicted octanol–water partition coefficient (Wildman–Crippen LogP) is 4.79. The average Bonchev–Trinajstić information content (AvgIpc) is 2.62. The first-order chi connectivity index (χ1) is 12.5. The second-order valence-electron chi connectivity index (χ2n) is 6.48. The van der Waals surface area contributed by atoms with Gasteiger partial charge in [0.2, 0.25) is 0 Å². The minimum atomic E-state index is -0.190. The van der Waals surface area contributed by atoms with Crippen LogP contribution in [-0.4, -0.2) is 11.8 Å². The van der Waals surface area contributed by atoms with Crippen LogP contribution in [0.3, 0.4) is 0 Å². The van der Waals surface area contributed by atoms with Crippen molar-refractivity contribution in [2.75, 3.05) is 10.6 Å². The van der Waals surface area contributed by atoms with Gasteiger partial charge in [0, 0.05) is 22.5 Å². The standard InChI is InChI=1S/C22H18N2O2/c1-13-6-3-10-17-19(13)20-14(2)7-4-11-18(20)22(26)24-16-9-5-8-15(12-16)23-21(17)25/h3-12H,1-2H3,(H,23,25)(H,24,26). The van der Waals surface area contributed by atoms with E-state index in [4.69, 9.17) is 0 Å². The SMILES string of the molecule is Cc1cccc2c1-c1c(C)cccc1C(=O)Nc1cccc(c1)NC2=O. The number of carbonyl (C=O) groups is 2. The quantitative estimate of drug-likeness (QED) is 0.617. The van der Waals surface area contributed by atoms with E-state index in [0.29, 0.717) is 22.5 Å². The zero-order valence-electron chi connectivity index (χ0n) is 14.6. The largest absolute Gasteiger partial charge is 0.322 e. The highest BCUT2D eigenvalue weighted by molar-refractivity contribution is 6.15. The highest BCUT2D eigenvalue weighted by Gasteiger charge is 2.23. The van der Waals surface area contributed by atoms with Gasteiger partial charge in [0.25, 0.3) is 11.8 Å². The van der Waals surface area contributed by atoms with E-state index in [0.717, 1.165) is 22.3 Å². The lowest BCUT2D eigenvalue weighted by molar-refractivity contribution is 0.101. The minimum Gasteiger partial charge on any atom is -0.322 e. The van der Waals surface area contributed by atoms with E-state index in [9.17, 15) is 9.59 Å². The Morgan fingerprint density at radius 1 is 0.615 bits per heavy atom. The monoisotopic (exact) mass is 342 g/mol. The van der Waals surface area contributed by atoms with Gasteiger partial charge in [-0.3, -0.25) is 9.59 Å². The lowest BCUT2D eigenvalue weighted by Gasteiger charge is -2.17. The molecular weight excluding hydrogens is 324 g/mol. The summed E-state index contributed by atoms with van der Waals surface area (Å²) in [6.07, 6.45) is 0. The van der Waals surface area contributed by atoms with Gasteiger partial charge in [0.1, 0.15) is 0 Å². The smallest absolute Gasteiger partial charge is 0.256 e. The highest BCUT2D eigenvalue weighted by Crippen LogP contribution is 2.35. The number of carbonyl (C=O) groups excluding carboxylic acids is 2. The number of rotatable bonds is 0. The summed E-state index contributed by atoms with van der Waals surface area (Å²) in [5, 5.41) is 5.88. The maximum absolute atomic E-state index is 13.0. The third-order valence-corrected chi connectivity index (χ3v) is 4.66. The van der Waals surface area contributed by atoms with Gasteiger partial charge < -0.3 is 10.6 Å². The van der Waals surface area contributed by atoms with Crippen molar-refractivity contribution < 1.29 is 9.59 Å². The van der Waals surface area contributed by atoms with Gasteiger partial charge in [-0.05, 0) is 66.4 Å². The summed E-state index contributed by atoms with van der Waals surface area (Å²) in [6, 6.07) is 18.4. The Morgan fingerprint density at radius 2 is 1.04 bits per heavy atom. The maximum atomic E-state index is 13.0. The van der Waals surface area contributed by atoms with Gasteiger partial charge in [-0.1, -0.05) is 30.3 Å². The van der Waals surface area contributed by atoms with Gasteiger partial charge in [-0.15, -0.1) is 0 Å². The molecule has 1 aliphatic rings. The molecule has 3 aromatic carbocycles. The van der Waals surface area contributed by atoms with Crippen molar-refractivity contribution in [2.45, 2.75) is 13.8 Å². The van der Waals surface area contributed by atoms with Crippen LogP contribution in [-0.2, 0) is 0 Å². The molecule has 2 amide bonds. The van der Waals surface area contributed by atoms with Crippen molar-refractivity contribution in [3.8, 4) is 11.1 Å². The van der Waals surface area contributed by atoms with Crippen LogP contribution in [0.1, 0.15) is 31.8 Å². The molecule has 4 nitrogen and oxygen atoms in total. The van der Waals surface area contributed by atoms with Crippen LogP contribution >= 0.6 is 0 Å². The van der Waals surface area contributed by atoms with Gasteiger partial charge in [0.15, 0.2) is 0 Å². The molecule has 26 heavy (non-hydrogen) atoms. The van der Waals surface area contributed by atoms with Crippen LogP contribution in [0.4, 0.5) is 11.4 Å². The van der Waals surface area contributed by atoms with Crippen LogP contribution in [0.5, 0.6) is 0 Å². The Balaban J connectivity index is 2.07. The van der Waals surface area contributed by atoms with Gasteiger partial charge in [-0.2, -0.15) is 0 Å². The van der Waals surface area contributed by atoms with E-state index >= 15 is 0 Å². The molecule has 0 unspecified atom stereocenters. The van der Waals surface area contributed by atoms with Crippen LogP contribution in [0, 0.1) is 13.8 Å². The van der Waals surface area contributed by atoms with E-state index in [1.165, 1.54) is 0 Å². The highest BCUT2D eigenvalue weighted by atomic mass is 16.2. The molecule has 0 saturated carbocycles. The summed E-state index contributed by atoms with van der Waals surface area (Å²) in [5.41, 5.74) is 5.89. The topological polar surface area (TPSA) is 58.2 Å². The molecule has 0 radical (unpaired) electrons. The third kappa shape index (κ3) is 2.65. The molecule has 2 bridgehead atoms. The Morgan fingerprint density at radius 3 is 1.50 bits per heavy atom. The van der Waals surface area contributed by atoms with E-state index in [1.807, 2.05) is 38.1 Å². The number of amides is 2. The molecule has 1 aliphatic heterocycles. The van der Waals surface area contributed by atoms with Crippen molar-refractivity contribution in [1.29, 1.82) is 0 Å². The molecule has 4 heteroatoms. The number of aryl methyl sites for hydroxylation is 2.